The zero-order valence-corrected chi connectivity index (χ0v) is 10.5. The highest BCUT2D eigenvalue weighted by Crippen LogP contribution is 2.17. The van der Waals surface area contributed by atoms with Gasteiger partial charge in [-0.05, 0) is 17.7 Å². The van der Waals surface area contributed by atoms with E-state index in [4.69, 9.17) is 16.7 Å². The maximum atomic E-state index is 10.0. The fourth-order valence-corrected chi connectivity index (χ4v) is 1.74. The van der Waals surface area contributed by atoms with Crippen LogP contribution in [0, 0.1) is 0 Å². The van der Waals surface area contributed by atoms with Crippen molar-refractivity contribution in [2.75, 3.05) is 26.2 Å². The molecule has 0 spiro atoms. The minimum absolute atomic E-state index is 0.0706. The summed E-state index contributed by atoms with van der Waals surface area (Å²) in [5.41, 5.74) is 0.821. The number of aliphatic hydroxyl groups excluding tert-OH is 2. The fraction of sp³-hybridized carbons (Fsp3) is 0.385. The summed E-state index contributed by atoms with van der Waals surface area (Å²) in [5.74, 6) is 0. The van der Waals surface area contributed by atoms with Crippen molar-refractivity contribution in [3.63, 3.8) is 0 Å². The lowest BCUT2D eigenvalue weighted by Crippen LogP contribution is -2.31. The highest BCUT2D eigenvalue weighted by Gasteiger charge is 2.12. The third-order valence-electron chi connectivity index (χ3n) is 2.49. The average Bonchev–Trinajstić information content (AvgIpc) is 2.30. The standard InChI is InChI=1S/C13H18ClNO2/c1-2-7-15(8-9-16)10-13(17)11-3-5-12(14)6-4-11/h2-6,13,16-17H,1,7-10H2. The molecule has 0 saturated heterocycles. The van der Waals surface area contributed by atoms with Crippen LogP contribution in [0.5, 0.6) is 0 Å². The Morgan fingerprint density at radius 1 is 1.35 bits per heavy atom. The molecule has 0 amide bonds. The smallest absolute Gasteiger partial charge is 0.0917 e. The summed E-state index contributed by atoms with van der Waals surface area (Å²) < 4.78 is 0. The van der Waals surface area contributed by atoms with E-state index < -0.39 is 6.10 Å². The lowest BCUT2D eigenvalue weighted by Gasteiger charge is -2.23. The quantitative estimate of drug-likeness (QED) is 0.731. The summed E-state index contributed by atoms with van der Waals surface area (Å²) in [6, 6.07) is 7.12. The van der Waals surface area contributed by atoms with E-state index in [1.165, 1.54) is 0 Å². The van der Waals surface area contributed by atoms with E-state index in [2.05, 4.69) is 6.58 Å². The van der Waals surface area contributed by atoms with E-state index in [0.29, 0.717) is 24.7 Å². The predicted octanol–water partition coefficient (Wildman–Crippen LogP) is 1.85. The summed E-state index contributed by atoms with van der Waals surface area (Å²) >= 11 is 5.78. The fourth-order valence-electron chi connectivity index (χ4n) is 1.62. The minimum Gasteiger partial charge on any atom is -0.395 e. The molecule has 1 atom stereocenters. The molecule has 94 valence electrons. The van der Waals surface area contributed by atoms with Crippen molar-refractivity contribution in [3.8, 4) is 0 Å². The normalized spacial score (nSPS) is 12.7. The van der Waals surface area contributed by atoms with Crippen LogP contribution in [0.3, 0.4) is 0 Å². The minimum atomic E-state index is -0.584. The first-order valence-electron chi connectivity index (χ1n) is 5.55. The van der Waals surface area contributed by atoms with Crippen molar-refractivity contribution in [2.24, 2.45) is 0 Å². The third-order valence-corrected chi connectivity index (χ3v) is 2.74. The van der Waals surface area contributed by atoms with Gasteiger partial charge in [-0.2, -0.15) is 0 Å². The van der Waals surface area contributed by atoms with Crippen LogP contribution in [0.4, 0.5) is 0 Å². The van der Waals surface area contributed by atoms with Gasteiger partial charge in [0.25, 0.3) is 0 Å². The SMILES string of the molecule is C=CCN(CCO)CC(O)c1ccc(Cl)cc1. The number of hydrogen-bond acceptors (Lipinski definition) is 3. The molecule has 0 bridgehead atoms. The zero-order chi connectivity index (χ0) is 12.7. The Morgan fingerprint density at radius 2 is 2.00 bits per heavy atom. The molecule has 0 aromatic heterocycles. The number of hydrogen-bond donors (Lipinski definition) is 2. The van der Waals surface area contributed by atoms with Crippen LogP contribution in [-0.2, 0) is 0 Å². The molecular weight excluding hydrogens is 238 g/mol. The molecule has 3 nitrogen and oxygen atoms in total. The molecule has 0 fully saturated rings. The Balaban J connectivity index is 2.59. The number of rotatable bonds is 7. The molecule has 1 aromatic rings. The van der Waals surface area contributed by atoms with E-state index in [0.717, 1.165) is 5.56 Å². The highest BCUT2D eigenvalue weighted by molar-refractivity contribution is 6.30. The van der Waals surface area contributed by atoms with Crippen LogP contribution >= 0.6 is 11.6 Å². The summed E-state index contributed by atoms with van der Waals surface area (Å²) in [7, 11) is 0. The largest absolute Gasteiger partial charge is 0.395 e. The molecule has 0 aliphatic rings. The zero-order valence-electron chi connectivity index (χ0n) is 9.72. The van der Waals surface area contributed by atoms with Crippen LogP contribution in [0.2, 0.25) is 5.02 Å². The van der Waals surface area contributed by atoms with E-state index in [9.17, 15) is 5.11 Å². The summed E-state index contributed by atoms with van der Waals surface area (Å²) in [5, 5.41) is 19.6. The van der Waals surface area contributed by atoms with Crippen molar-refractivity contribution in [3.05, 3.63) is 47.5 Å². The molecule has 0 aliphatic heterocycles. The second-order valence-corrected chi connectivity index (χ2v) is 4.28. The second-order valence-electron chi connectivity index (χ2n) is 3.84. The summed E-state index contributed by atoms with van der Waals surface area (Å²) in [6.45, 7) is 5.36. The molecule has 0 heterocycles. The van der Waals surface area contributed by atoms with Crippen molar-refractivity contribution in [1.29, 1.82) is 0 Å². The average molecular weight is 256 g/mol. The molecule has 4 heteroatoms. The molecule has 1 aromatic carbocycles. The Bertz CT molecular complexity index is 340. The topological polar surface area (TPSA) is 43.7 Å². The first-order chi connectivity index (χ1) is 8.17. The van der Waals surface area contributed by atoms with Gasteiger partial charge in [0.05, 0.1) is 12.7 Å². The van der Waals surface area contributed by atoms with E-state index in [1.54, 1.807) is 30.3 Å². The Hall–Kier alpha value is -0.870. The molecule has 0 radical (unpaired) electrons. The predicted molar refractivity (Wildman–Crippen MR) is 70.1 cm³/mol. The van der Waals surface area contributed by atoms with Crippen LogP contribution in [-0.4, -0.2) is 41.4 Å². The lowest BCUT2D eigenvalue weighted by atomic mass is 10.1. The number of benzene rings is 1. The van der Waals surface area contributed by atoms with Crippen molar-refractivity contribution < 1.29 is 10.2 Å². The molecule has 2 N–H and O–H groups in total. The summed E-state index contributed by atoms with van der Waals surface area (Å²) in [6.07, 6.45) is 1.17. The number of nitrogens with zero attached hydrogens (tertiary/aromatic N) is 1. The summed E-state index contributed by atoms with van der Waals surface area (Å²) in [4.78, 5) is 1.94. The molecule has 0 aliphatic carbocycles. The van der Waals surface area contributed by atoms with Crippen LogP contribution in [0.15, 0.2) is 36.9 Å². The van der Waals surface area contributed by atoms with Crippen LogP contribution in [0.25, 0.3) is 0 Å². The van der Waals surface area contributed by atoms with Gasteiger partial charge in [0.1, 0.15) is 0 Å². The van der Waals surface area contributed by atoms with Gasteiger partial charge in [-0.15, -0.1) is 6.58 Å². The van der Waals surface area contributed by atoms with Gasteiger partial charge in [0.15, 0.2) is 0 Å². The van der Waals surface area contributed by atoms with E-state index >= 15 is 0 Å². The van der Waals surface area contributed by atoms with Gasteiger partial charge < -0.3 is 10.2 Å². The van der Waals surface area contributed by atoms with Gasteiger partial charge in [-0.3, -0.25) is 4.90 Å². The van der Waals surface area contributed by atoms with Gasteiger partial charge >= 0.3 is 0 Å². The lowest BCUT2D eigenvalue weighted by molar-refractivity contribution is 0.107. The molecule has 0 saturated carbocycles. The van der Waals surface area contributed by atoms with Crippen molar-refractivity contribution >= 4 is 11.6 Å². The Morgan fingerprint density at radius 3 is 2.53 bits per heavy atom. The molecular formula is C13H18ClNO2. The highest BCUT2D eigenvalue weighted by atomic mass is 35.5. The van der Waals surface area contributed by atoms with E-state index in [-0.39, 0.29) is 6.61 Å². The van der Waals surface area contributed by atoms with Gasteiger partial charge in [-0.1, -0.05) is 29.8 Å². The first-order valence-corrected chi connectivity index (χ1v) is 5.92. The van der Waals surface area contributed by atoms with Gasteiger partial charge in [0.2, 0.25) is 0 Å². The van der Waals surface area contributed by atoms with Crippen molar-refractivity contribution in [1.82, 2.24) is 4.90 Å². The maximum Gasteiger partial charge on any atom is 0.0917 e. The van der Waals surface area contributed by atoms with Crippen molar-refractivity contribution in [2.45, 2.75) is 6.10 Å². The maximum absolute atomic E-state index is 10.0. The third kappa shape index (κ3) is 4.88. The van der Waals surface area contributed by atoms with Crippen LogP contribution < -0.4 is 0 Å². The Kier molecular flexibility index (Phi) is 6.22. The number of halogens is 1. The second kappa shape index (κ2) is 7.45. The first kappa shape index (κ1) is 14.2. The van der Waals surface area contributed by atoms with Gasteiger partial charge in [-0.25, -0.2) is 0 Å². The monoisotopic (exact) mass is 255 g/mol. The van der Waals surface area contributed by atoms with E-state index in [1.807, 2.05) is 4.90 Å². The number of aliphatic hydroxyl groups is 2. The van der Waals surface area contributed by atoms with Gasteiger partial charge in [0, 0.05) is 24.7 Å². The molecule has 17 heavy (non-hydrogen) atoms. The molecule has 1 rings (SSSR count). The Labute approximate surface area is 107 Å². The molecule has 1 unspecified atom stereocenters. The van der Waals surface area contributed by atoms with Crippen LogP contribution in [0.1, 0.15) is 11.7 Å².